The molecular weight excluding hydrogens is 268 g/mol. The van der Waals surface area contributed by atoms with Gasteiger partial charge in [0, 0.05) is 18.9 Å². The molecule has 0 N–H and O–H groups in total. The maximum atomic E-state index is 5.80. The van der Waals surface area contributed by atoms with Crippen LogP contribution >= 0.6 is 0 Å². The maximum Gasteiger partial charge on any atom is 0.346 e. The van der Waals surface area contributed by atoms with Crippen LogP contribution < -0.4 is 0 Å². The van der Waals surface area contributed by atoms with Crippen LogP contribution in [0.3, 0.4) is 0 Å². The molecule has 0 amide bonds. The largest absolute Gasteiger partial charge is 0.346 e. The van der Waals surface area contributed by atoms with Gasteiger partial charge >= 0.3 is 5.97 Å². The first kappa shape index (κ1) is 18.1. The van der Waals surface area contributed by atoms with Crippen molar-refractivity contribution >= 4 is 0 Å². The fourth-order valence-electron chi connectivity index (χ4n) is 2.36. The van der Waals surface area contributed by atoms with Gasteiger partial charge in [0.1, 0.15) is 0 Å². The molecule has 0 saturated heterocycles. The van der Waals surface area contributed by atoms with E-state index in [4.69, 9.17) is 14.2 Å². The normalized spacial score (nSPS) is 12.0. The van der Waals surface area contributed by atoms with Crippen molar-refractivity contribution in [3.63, 3.8) is 0 Å². The first-order valence-corrected chi connectivity index (χ1v) is 8.17. The number of imidazole rings is 1. The van der Waals surface area contributed by atoms with E-state index in [0.29, 0.717) is 25.6 Å². The highest BCUT2D eigenvalue weighted by Gasteiger charge is 2.39. The van der Waals surface area contributed by atoms with Gasteiger partial charge in [0.25, 0.3) is 0 Å². The second-order valence-corrected chi connectivity index (χ2v) is 4.86. The Labute approximate surface area is 128 Å². The van der Waals surface area contributed by atoms with Crippen molar-refractivity contribution in [3.8, 4) is 0 Å². The summed E-state index contributed by atoms with van der Waals surface area (Å²) in [5, 5.41) is 0. The molecule has 0 spiro atoms. The lowest BCUT2D eigenvalue weighted by atomic mass is 10.2. The SMILES string of the molecule is CCCCCCn1ccnc1C(OCC)(OCC)OCC. The monoisotopic (exact) mass is 298 g/mol. The molecule has 1 aromatic heterocycles. The van der Waals surface area contributed by atoms with Gasteiger partial charge in [-0.15, -0.1) is 0 Å². The Morgan fingerprint density at radius 3 is 2.10 bits per heavy atom. The minimum Gasteiger partial charge on any atom is -0.328 e. The van der Waals surface area contributed by atoms with Crippen LogP contribution in [0.5, 0.6) is 0 Å². The Bertz CT molecular complexity index is 362. The molecule has 0 aliphatic heterocycles. The summed E-state index contributed by atoms with van der Waals surface area (Å²) >= 11 is 0. The standard InChI is InChI=1S/C16H30N2O3/c1-5-9-10-11-13-18-14-12-17-15(18)16(19-6-2,20-7-3)21-8-4/h12,14H,5-11,13H2,1-4H3. The molecule has 1 rings (SSSR count). The first-order valence-electron chi connectivity index (χ1n) is 8.17. The van der Waals surface area contributed by atoms with Gasteiger partial charge in [0.2, 0.25) is 0 Å². The Balaban J connectivity index is 2.88. The van der Waals surface area contributed by atoms with Crippen LogP contribution in [0.25, 0.3) is 0 Å². The quantitative estimate of drug-likeness (QED) is 0.436. The third-order valence-corrected chi connectivity index (χ3v) is 3.24. The second-order valence-electron chi connectivity index (χ2n) is 4.86. The fraction of sp³-hybridized carbons (Fsp3) is 0.812. The molecule has 0 aliphatic carbocycles. The van der Waals surface area contributed by atoms with E-state index in [0.717, 1.165) is 13.0 Å². The highest BCUT2D eigenvalue weighted by Crippen LogP contribution is 2.28. The molecular formula is C16H30N2O3. The van der Waals surface area contributed by atoms with Gasteiger partial charge < -0.3 is 18.8 Å². The fourth-order valence-corrected chi connectivity index (χ4v) is 2.36. The van der Waals surface area contributed by atoms with E-state index in [2.05, 4.69) is 16.5 Å². The minimum absolute atomic E-state index is 0.503. The van der Waals surface area contributed by atoms with Crippen molar-refractivity contribution in [1.82, 2.24) is 9.55 Å². The van der Waals surface area contributed by atoms with E-state index in [1.54, 1.807) is 6.20 Å². The Kier molecular flexibility index (Phi) is 8.57. The maximum absolute atomic E-state index is 5.80. The van der Waals surface area contributed by atoms with Crippen LogP contribution in [0.2, 0.25) is 0 Å². The topological polar surface area (TPSA) is 45.5 Å². The van der Waals surface area contributed by atoms with Crippen molar-refractivity contribution < 1.29 is 14.2 Å². The number of nitrogens with zero attached hydrogens (tertiary/aromatic N) is 2. The van der Waals surface area contributed by atoms with Crippen LogP contribution in [-0.4, -0.2) is 29.4 Å². The highest BCUT2D eigenvalue weighted by molar-refractivity contribution is 4.98. The number of unbranched alkanes of at least 4 members (excludes halogenated alkanes) is 3. The summed E-state index contributed by atoms with van der Waals surface area (Å²) in [5.41, 5.74) is 0. The van der Waals surface area contributed by atoms with Crippen molar-refractivity contribution in [2.24, 2.45) is 0 Å². The number of hydrogen-bond donors (Lipinski definition) is 0. The van der Waals surface area contributed by atoms with Gasteiger partial charge in [-0.3, -0.25) is 0 Å². The molecule has 0 bridgehead atoms. The number of hydrogen-bond acceptors (Lipinski definition) is 4. The van der Waals surface area contributed by atoms with Gasteiger partial charge in [-0.2, -0.15) is 0 Å². The molecule has 0 aromatic carbocycles. The van der Waals surface area contributed by atoms with Gasteiger partial charge in [0.15, 0.2) is 5.82 Å². The lowest BCUT2D eigenvalue weighted by Gasteiger charge is -2.31. The molecule has 21 heavy (non-hydrogen) atoms. The smallest absolute Gasteiger partial charge is 0.328 e. The molecule has 0 saturated carbocycles. The minimum atomic E-state index is -1.19. The Hall–Kier alpha value is -0.910. The summed E-state index contributed by atoms with van der Waals surface area (Å²) in [5.74, 6) is -0.489. The summed E-state index contributed by atoms with van der Waals surface area (Å²) in [6, 6.07) is 0. The van der Waals surface area contributed by atoms with E-state index < -0.39 is 5.97 Å². The van der Waals surface area contributed by atoms with Crippen LogP contribution in [0, 0.1) is 0 Å². The average molecular weight is 298 g/mol. The van der Waals surface area contributed by atoms with Gasteiger partial charge in [-0.25, -0.2) is 4.98 Å². The molecule has 0 fully saturated rings. The molecule has 1 aromatic rings. The predicted molar refractivity (Wildman–Crippen MR) is 82.9 cm³/mol. The number of ether oxygens (including phenoxy) is 3. The molecule has 122 valence electrons. The lowest BCUT2D eigenvalue weighted by Crippen LogP contribution is -2.39. The first-order chi connectivity index (χ1) is 10.2. The number of aryl methyl sites for hydroxylation is 1. The van der Waals surface area contributed by atoms with Crippen molar-refractivity contribution in [2.45, 2.75) is 65.9 Å². The zero-order valence-electron chi connectivity index (χ0n) is 13.9. The zero-order chi connectivity index (χ0) is 15.6. The average Bonchev–Trinajstić information content (AvgIpc) is 2.93. The van der Waals surface area contributed by atoms with E-state index in [1.807, 2.05) is 27.0 Å². The second kappa shape index (κ2) is 9.92. The third-order valence-electron chi connectivity index (χ3n) is 3.24. The van der Waals surface area contributed by atoms with E-state index >= 15 is 0 Å². The molecule has 5 nitrogen and oxygen atoms in total. The predicted octanol–water partition coefficient (Wildman–Crippen LogP) is 3.68. The van der Waals surface area contributed by atoms with Crippen LogP contribution in [0.4, 0.5) is 0 Å². The lowest BCUT2D eigenvalue weighted by molar-refractivity contribution is -0.394. The summed E-state index contributed by atoms with van der Waals surface area (Å²) in [6.07, 6.45) is 8.58. The molecule has 5 heteroatoms. The van der Waals surface area contributed by atoms with Gasteiger partial charge in [-0.05, 0) is 27.2 Å². The zero-order valence-corrected chi connectivity index (χ0v) is 13.9. The van der Waals surface area contributed by atoms with Crippen molar-refractivity contribution in [1.29, 1.82) is 0 Å². The van der Waals surface area contributed by atoms with Crippen LogP contribution in [0.15, 0.2) is 12.4 Å². The Morgan fingerprint density at radius 2 is 1.57 bits per heavy atom. The van der Waals surface area contributed by atoms with E-state index in [1.165, 1.54) is 19.3 Å². The summed E-state index contributed by atoms with van der Waals surface area (Å²) in [7, 11) is 0. The van der Waals surface area contributed by atoms with Gasteiger partial charge in [-0.1, -0.05) is 26.2 Å². The molecule has 0 aliphatic rings. The third kappa shape index (κ3) is 5.09. The summed E-state index contributed by atoms with van der Waals surface area (Å²) in [6.45, 7) is 10.4. The molecule has 0 radical (unpaired) electrons. The van der Waals surface area contributed by atoms with Crippen LogP contribution in [0.1, 0.15) is 59.2 Å². The molecule has 0 unspecified atom stereocenters. The van der Waals surface area contributed by atoms with Gasteiger partial charge in [0.05, 0.1) is 19.8 Å². The Morgan fingerprint density at radius 1 is 0.952 bits per heavy atom. The van der Waals surface area contributed by atoms with Crippen molar-refractivity contribution in [2.75, 3.05) is 19.8 Å². The molecule has 1 heterocycles. The number of rotatable bonds is 12. The van der Waals surface area contributed by atoms with E-state index in [-0.39, 0.29) is 0 Å². The molecule has 0 atom stereocenters. The summed E-state index contributed by atoms with van der Waals surface area (Å²) < 4.78 is 19.5. The van der Waals surface area contributed by atoms with Crippen molar-refractivity contribution in [3.05, 3.63) is 18.2 Å². The highest BCUT2D eigenvalue weighted by atomic mass is 16.9. The van der Waals surface area contributed by atoms with Crippen LogP contribution in [-0.2, 0) is 26.7 Å². The van der Waals surface area contributed by atoms with E-state index in [9.17, 15) is 0 Å². The summed E-state index contributed by atoms with van der Waals surface area (Å²) in [4.78, 5) is 4.43. The number of aromatic nitrogens is 2.